The van der Waals surface area contributed by atoms with Crippen molar-refractivity contribution in [3.8, 4) is 0 Å². The van der Waals surface area contributed by atoms with Crippen LogP contribution in [0.1, 0.15) is 82.3 Å². The Balaban J connectivity index is 1.80. The molecule has 32 heavy (non-hydrogen) atoms. The lowest BCUT2D eigenvalue weighted by Crippen LogP contribution is -2.21. The molecule has 6 heteroatoms. The van der Waals surface area contributed by atoms with Crippen LogP contribution in [-0.4, -0.2) is 36.2 Å². The Morgan fingerprint density at radius 1 is 1.25 bits per heavy atom. The summed E-state index contributed by atoms with van der Waals surface area (Å²) in [4.78, 5) is 12.5. The summed E-state index contributed by atoms with van der Waals surface area (Å²) in [6.07, 6.45) is 9.14. The van der Waals surface area contributed by atoms with Gasteiger partial charge in [-0.25, -0.2) is 0 Å². The van der Waals surface area contributed by atoms with Crippen LogP contribution in [0, 0.1) is 0 Å². The smallest absolute Gasteiger partial charge is 0.305 e. The molecular formula is C26H36O5S. The molecule has 0 aliphatic carbocycles. The number of ether oxygens (including phenoxy) is 3. The lowest BCUT2D eigenvalue weighted by atomic mass is 10.0. The number of esters is 1. The van der Waals surface area contributed by atoms with E-state index in [1.54, 1.807) is 11.3 Å². The van der Waals surface area contributed by atoms with Crippen molar-refractivity contribution in [1.29, 1.82) is 0 Å². The van der Waals surface area contributed by atoms with E-state index >= 15 is 0 Å². The maximum atomic E-state index is 11.5. The Hall–Kier alpha value is -1.73. The molecule has 2 aromatic rings. The molecule has 3 atom stereocenters. The molecule has 1 unspecified atom stereocenters. The van der Waals surface area contributed by atoms with Crippen molar-refractivity contribution in [2.45, 2.75) is 89.8 Å². The monoisotopic (exact) mass is 460 g/mol. The van der Waals surface area contributed by atoms with Crippen LogP contribution in [0.5, 0.6) is 0 Å². The summed E-state index contributed by atoms with van der Waals surface area (Å²) in [6.45, 7) is 6.00. The van der Waals surface area contributed by atoms with Gasteiger partial charge in [0.25, 0.3) is 0 Å². The van der Waals surface area contributed by atoms with Gasteiger partial charge < -0.3 is 19.3 Å². The molecule has 3 rings (SSSR count). The fourth-order valence-corrected chi connectivity index (χ4v) is 5.43. The molecular weight excluding hydrogens is 424 g/mol. The SMILES string of the molecule is CCCCCC(O)c1sc2ccccc2c1/C=C/[C@H]1OC(C)(C)O[C@H]1CCCC(=O)OC. The zero-order valence-electron chi connectivity index (χ0n) is 19.6. The summed E-state index contributed by atoms with van der Waals surface area (Å²) < 4.78 is 18.2. The van der Waals surface area contributed by atoms with Gasteiger partial charge in [0.2, 0.25) is 0 Å². The molecule has 0 saturated carbocycles. The highest BCUT2D eigenvalue weighted by atomic mass is 32.1. The van der Waals surface area contributed by atoms with Crippen LogP contribution in [0.2, 0.25) is 0 Å². The minimum absolute atomic E-state index is 0.131. The van der Waals surface area contributed by atoms with Crippen molar-refractivity contribution < 1.29 is 24.1 Å². The largest absolute Gasteiger partial charge is 0.469 e. The molecule has 1 aromatic carbocycles. The van der Waals surface area contributed by atoms with Crippen LogP contribution in [-0.2, 0) is 19.0 Å². The standard InChI is InChI=1S/C26H36O5S/c1-5-6-7-12-20(27)25-19(18-11-8-9-14-23(18)32-25)16-17-22-21(30-26(2,3)31-22)13-10-15-24(28)29-4/h8-9,11,14,16-17,20-22,27H,5-7,10,12-13,15H2,1-4H3/b17-16+/t20?,21-,22+/m0/s1. The Morgan fingerprint density at radius 3 is 2.78 bits per heavy atom. The topological polar surface area (TPSA) is 65.0 Å². The third-order valence-corrected chi connectivity index (χ3v) is 7.11. The summed E-state index contributed by atoms with van der Waals surface area (Å²) >= 11 is 1.67. The van der Waals surface area contributed by atoms with Crippen molar-refractivity contribution in [3.05, 3.63) is 40.8 Å². The minimum atomic E-state index is -0.676. The van der Waals surface area contributed by atoms with E-state index in [1.807, 2.05) is 32.1 Å². The van der Waals surface area contributed by atoms with Crippen molar-refractivity contribution >= 4 is 33.5 Å². The number of carbonyl (C=O) groups excluding carboxylic acids is 1. The van der Waals surface area contributed by atoms with E-state index in [4.69, 9.17) is 14.2 Å². The molecule has 1 aliphatic rings. The second kappa shape index (κ2) is 11.4. The first-order chi connectivity index (χ1) is 15.3. The summed E-state index contributed by atoms with van der Waals surface area (Å²) in [6, 6.07) is 8.28. The Kier molecular flexibility index (Phi) is 8.88. The van der Waals surface area contributed by atoms with E-state index < -0.39 is 11.9 Å². The molecule has 0 bridgehead atoms. The average molecular weight is 461 g/mol. The number of fused-ring (bicyclic) bond motifs is 1. The molecule has 2 heterocycles. The zero-order valence-corrected chi connectivity index (χ0v) is 20.5. The maximum Gasteiger partial charge on any atom is 0.305 e. The third kappa shape index (κ3) is 6.41. The normalized spacial score (nSPS) is 21.4. The summed E-state index contributed by atoms with van der Waals surface area (Å²) in [5.41, 5.74) is 1.07. The minimum Gasteiger partial charge on any atom is -0.469 e. The molecule has 0 radical (unpaired) electrons. The van der Waals surface area contributed by atoms with Crippen LogP contribution < -0.4 is 0 Å². The number of unbranched alkanes of at least 4 members (excludes halogenated alkanes) is 2. The van der Waals surface area contributed by atoms with Crippen molar-refractivity contribution in [3.63, 3.8) is 0 Å². The van der Waals surface area contributed by atoms with Crippen LogP contribution in [0.3, 0.4) is 0 Å². The molecule has 1 saturated heterocycles. The van der Waals surface area contributed by atoms with E-state index in [1.165, 1.54) is 11.8 Å². The first-order valence-corrected chi connectivity index (χ1v) is 12.5. The number of aliphatic hydroxyl groups is 1. The van der Waals surface area contributed by atoms with Gasteiger partial charge in [0.1, 0.15) is 6.10 Å². The summed E-state index contributed by atoms with van der Waals surface area (Å²) in [5, 5.41) is 12.1. The fourth-order valence-electron chi connectivity index (χ4n) is 4.21. The molecule has 0 amide bonds. The average Bonchev–Trinajstić information content (AvgIpc) is 3.28. The van der Waals surface area contributed by atoms with Gasteiger partial charge in [0, 0.05) is 21.4 Å². The lowest BCUT2D eigenvalue weighted by molar-refractivity contribution is -0.144. The molecule has 1 N–H and O–H groups in total. The predicted octanol–water partition coefficient (Wildman–Crippen LogP) is 6.39. The number of methoxy groups -OCH3 is 1. The molecule has 1 fully saturated rings. The molecule has 1 aliphatic heterocycles. The highest BCUT2D eigenvalue weighted by Crippen LogP contribution is 2.39. The van der Waals surface area contributed by atoms with Gasteiger partial charge in [-0.3, -0.25) is 4.79 Å². The van der Waals surface area contributed by atoms with Gasteiger partial charge in [0.15, 0.2) is 5.79 Å². The summed E-state index contributed by atoms with van der Waals surface area (Å²) in [7, 11) is 1.41. The van der Waals surface area contributed by atoms with E-state index in [0.717, 1.165) is 41.5 Å². The Bertz CT molecular complexity index is 916. The first kappa shape index (κ1) is 24.9. The van der Waals surface area contributed by atoms with Crippen molar-refractivity contribution in [1.82, 2.24) is 0 Å². The van der Waals surface area contributed by atoms with Gasteiger partial charge in [-0.2, -0.15) is 0 Å². The van der Waals surface area contributed by atoms with Gasteiger partial charge in [0.05, 0.1) is 19.3 Å². The van der Waals surface area contributed by atoms with E-state index in [9.17, 15) is 9.90 Å². The fraction of sp³-hybridized carbons (Fsp3) is 0.577. The third-order valence-electron chi connectivity index (χ3n) is 5.82. The first-order valence-electron chi connectivity index (χ1n) is 11.6. The van der Waals surface area contributed by atoms with Gasteiger partial charge in [-0.1, -0.05) is 56.5 Å². The van der Waals surface area contributed by atoms with Crippen molar-refractivity contribution in [2.24, 2.45) is 0 Å². The highest BCUT2D eigenvalue weighted by Gasteiger charge is 2.39. The molecule has 5 nitrogen and oxygen atoms in total. The number of rotatable bonds is 11. The lowest BCUT2D eigenvalue weighted by Gasteiger charge is -2.16. The quantitative estimate of drug-likeness (QED) is 0.311. The number of hydrogen-bond donors (Lipinski definition) is 1. The molecule has 0 spiro atoms. The number of benzene rings is 1. The second-order valence-electron chi connectivity index (χ2n) is 8.85. The van der Waals surface area contributed by atoms with E-state index in [0.29, 0.717) is 19.3 Å². The van der Waals surface area contributed by atoms with Crippen LogP contribution in [0.25, 0.3) is 16.2 Å². The predicted molar refractivity (Wildman–Crippen MR) is 130 cm³/mol. The van der Waals surface area contributed by atoms with E-state index in [-0.39, 0.29) is 18.2 Å². The van der Waals surface area contributed by atoms with Gasteiger partial charge >= 0.3 is 5.97 Å². The van der Waals surface area contributed by atoms with Crippen molar-refractivity contribution in [2.75, 3.05) is 7.11 Å². The summed E-state index contributed by atoms with van der Waals surface area (Å²) in [5.74, 6) is -0.883. The molecule has 176 valence electrons. The van der Waals surface area contributed by atoms with Gasteiger partial charge in [-0.15, -0.1) is 11.3 Å². The number of hydrogen-bond acceptors (Lipinski definition) is 6. The maximum absolute atomic E-state index is 11.5. The number of carbonyl (C=O) groups is 1. The van der Waals surface area contributed by atoms with Crippen LogP contribution in [0.15, 0.2) is 30.3 Å². The van der Waals surface area contributed by atoms with Gasteiger partial charge in [-0.05, 0) is 44.7 Å². The number of thiophene rings is 1. The number of aliphatic hydroxyl groups excluding tert-OH is 1. The van der Waals surface area contributed by atoms with Crippen LogP contribution in [0.4, 0.5) is 0 Å². The second-order valence-corrected chi connectivity index (χ2v) is 9.94. The highest BCUT2D eigenvalue weighted by molar-refractivity contribution is 7.19. The van der Waals surface area contributed by atoms with E-state index in [2.05, 4.69) is 25.1 Å². The van der Waals surface area contributed by atoms with Crippen LogP contribution >= 0.6 is 11.3 Å². The Morgan fingerprint density at radius 2 is 2.03 bits per heavy atom. The Labute approximate surface area is 195 Å². The molecule has 1 aromatic heterocycles. The zero-order chi connectivity index (χ0) is 23.1.